The van der Waals surface area contributed by atoms with E-state index in [-0.39, 0.29) is 29.2 Å². The second-order valence-corrected chi connectivity index (χ2v) is 8.23. The van der Waals surface area contributed by atoms with Gasteiger partial charge in [-0.15, -0.1) is 12.4 Å². The Bertz CT molecular complexity index is 883. The number of benzene rings is 1. The molecular weight excluding hydrogens is 408 g/mol. The first-order chi connectivity index (χ1) is 13.0. The zero-order valence-electron chi connectivity index (χ0n) is 16.0. The monoisotopic (exact) mass is 432 g/mol. The SMILES string of the molecule is CNC(C)Cc1noc(-c2cc(S(=O)(=O)N3CCOCC3)ccc2OC)n1.Cl. The van der Waals surface area contributed by atoms with Crippen LogP contribution in [0.5, 0.6) is 5.75 Å². The highest BCUT2D eigenvalue weighted by molar-refractivity contribution is 7.89. The van der Waals surface area contributed by atoms with E-state index in [0.29, 0.717) is 49.9 Å². The average Bonchev–Trinajstić information content (AvgIpc) is 3.16. The Morgan fingerprint density at radius 1 is 1.32 bits per heavy atom. The highest BCUT2D eigenvalue weighted by atomic mass is 35.5. The predicted molar refractivity (Wildman–Crippen MR) is 105 cm³/mol. The zero-order valence-corrected chi connectivity index (χ0v) is 17.7. The van der Waals surface area contributed by atoms with Gasteiger partial charge in [0.05, 0.1) is 30.8 Å². The van der Waals surface area contributed by atoms with Gasteiger partial charge in [0, 0.05) is 25.6 Å². The van der Waals surface area contributed by atoms with Crippen LogP contribution < -0.4 is 10.1 Å². The molecule has 0 aliphatic carbocycles. The summed E-state index contributed by atoms with van der Waals surface area (Å²) in [5, 5.41) is 7.09. The molecule has 0 saturated carbocycles. The van der Waals surface area contributed by atoms with Crippen molar-refractivity contribution in [1.29, 1.82) is 0 Å². The van der Waals surface area contributed by atoms with E-state index in [1.807, 2.05) is 14.0 Å². The standard InChI is InChI=1S/C17H24N4O5S.ClH/c1-12(18-2)10-16-19-17(26-20-16)14-11-13(4-5-15(14)24-3)27(22,23)21-6-8-25-9-7-21;/h4-5,11-12,18H,6-10H2,1-3H3;1H. The molecular formula is C17H25ClN4O5S. The van der Waals surface area contributed by atoms with Gasteiger partial charge < -0.3 is 19.3 Å². The fourth-order valence-corrected chi connectivity index (χ4v) is 4.21. The van der Waals surface area contributed by atoms with E-state index in [0.717, 1.165) is 0 Å². The maximum Gasteiger partial charge on any atom is 0.261 e. The molecule has 1 fully saturated rings. The quantitative estimate of drug-likeness (QED) is 0.698. The van der Waals surface area contributed by atoms with Gasteiger partial charge in [0.15, 0.2) is 5.82 Å². The lowest BCUT2D eigenvalue weighted by molar-refractivity contribution is 0.0730. The third kappa shape index (κ3) is 4.81. The number of morpholine rings is 1. The van der Waals surface area contributed by atoms with Crippen LogP contribution in [0, 0.1) is 0 Å². The van der Waals surface area contributed by atoms with Crippen LogP contribution in [0.4, 0.5) is 0 Å². The summed E-state index contributed by atoms with van der Waals surface area (Å²) in [5.41, 5.74) is 0.447. The summed E-state index contributed by atoms with van der Waals surface area (Å²) in [6.45, 7) is 3.44. The molecule has 1 N–H and O–H groups in total. The van der Waals surface area contributed by atoms with Crippen molar-refractivity contribution in [3.8, 4) is 17.2 Å². The van der Waals surface area contributed by atoms with Gasteiger partial charge in [-0.05, 0) is 32.2 Å². The lowest BCUT2D eigenvalue weighted by atomic mass is 10.2. The van der Waals surface area contributed by atoms with Crippen molar-refractivity contribution >= 4 is 22.4 Å². The molecule has 9 nitrogen and oxygen atoms in total. The van der Waals surface area contributed by atoms with Crippen molar-refractivity contribution in [1.82, 2.24) is 19.8 Å². The second-order valence-electron chi connectivity index (χ2n) is 6.29. The maximum absolute atomic E-state index is 12.9. The summed E-state index contributed by atoms with van der Waals surface area (Å²) in [7, 11) is -0.271. The molecule has 0 radical (unpaired) electrons. The van der Waals surface area contributed by atoms with Gasteiger partial charge in [-0.1, -0.05) is 5.16 Å². The minimum Gasteiger partial charge on any atom is -0.496 e. The molecule has 0 bridgehead atoms. The van der Waals surface area contributed by atoms with Crippen molar-refractivity contribution in [3.63, 3.8) is 0 Å². The Balaban J connectivity index is 0.00000280. The van der Waals surface area contributed by atoms with Crippen molar-refractivity contribution in [2.45, 2.75) is 24.3 Å². The van der Waals surface area contributed by atoms with Gasteiger partial charge in [0.25, 0.3) is 5.89 Å². The van der Waals surface area contributed by atoms with E-state index < -0.39 is 10.0 Å². The van der Waals surface area contributed by atoms with E-state index in [1.165, 1.54) is 23.5 Å². The van der Waals surface area contributed by atoms with E-state index >= 15 is 0 Å². The third-order valence-electron chi connectivity index (χ3n) is 4.46. The van der Waals surface area contributed by atoms with E-state index in [1.54, 1.807) is 6.07 Å². The molecule has 0 spiro atoms. The molecule has 156 valence electrons. The Hall–Kier alpha value is -1.72. The average molecular weight is 433 g/mol. The minimum absolute atomic E-state index is 0. The molecule has 3 rings (SSSR count). The highest BCUT2D eigenvalue weighted by Crippen LogP contribution is 2.32. The van der Waals surface area contributed by atoms with Crippen molar-refractivity contribution in [3.05, 3.63) is 24.0 Å². The van der Waals surface area contributed by atoms with Crippen molar-refractivity contribution in [2.75, 3.05) is 40.5 Å². The molecule has 0 amide bonds. The fourth-order valence-electron chi connectivity index (χ4n) is 2.77. The summed E-state index contributed by atoms with van der Waals surface area (Å²) >= 11 is 0. The molecule has 1 saturated heterocycles. The molecule has 1 unspecified atom stereocenters. The largest absolute Gasteiger partial charge is 0.496 e. The zero-order chi connectivity index (χ0) is 19.4. The van der Waals surface area contributed by atoms with Crippen molar-refractivity contribution in [2.24, 2.45) is 0 Å². The Labute approximate surface area is 170 Å². The van der Waals surface area contributed by atoms with Crippen LogP contribution in [0.3, 0.4) is 0 Å². The van der Waals surface area contributed by atoms with Crippen LogP contribution in [-0.2, 0) is 21.2 Å². The summed E-state index contributed by atoms with van der Waals surface area (Å²) < 4.78 is 43.2. The van der Waals surface area contributed by atoms with Crippen LogP contribution in [0.2, 0.25) is 0 Å². The molecule has 1 aliphatic heterocycles. The van der Waals surface area contributed by atoms with Crippen molar-refractivity contribution < 1.29 is 22.4 Å². The number of aromatic nitrogens is 2. The van der Waals surface area contributed by atoms with Crippen LogP contribution in [0.1, 0.15) is 12.7 Å². The van der Waals surface area contributed by atoms with Crippen LogP contribution >= 0.6 is 12.4 Å². The molecule has 28 heavy (non-hydrogen) atoms. The summed E-state index contributed by atoms with van der Waals surface area (Å²) in [6, 6.07) is 4.82. The van der Waals surface area contributed by atoms with E-state index in [2.05, 4.69) is 15.5 Å². The molecule has 2 aromatic rings. The predicted octanol–water partition coefficient (Wildman–Crippen LogP) is 1.34. The number of sulfonamides is 1. The normalized spacial score (nSPS) is 16.4. The number of rotatable bonds is 7. The molecule has 1 atom stereocenters. The van der Waals surface area contributed by atoms with Gasteiger partial charge in [-0.25, -0.2) is 8.42 Å². The second kappa shape index (κ2) is 9.66. The summed E-state index contributed by atoms with van der Waals surface area (Å²) in [4.78, 5) is 4.54. The highest BCUT2D eigenvalue weighted by Gasteiger charge is 2.28. The molecule has 1 aliphatic rings. The number of hydrogen-bond donors (Lipinski definition) is 1. The fraction of sp³-hybridized carbons (Fsp3) is 0.529. The number of methoxy groups -OCH3 is 1. The van der Waals surface area contributed by atoms with Gasteiger partial charge >= 0.3 is 0 Å². The first-order valence-electron chi connectivity index (χ1n) is 8.72. The summed E-state index contributed by atoms with van der Waals surface area (Å²) in [6.07, 6.45) is 0.591. The topological polar surface area (TPSA) is 107 Å². The summed E-state index contributed by atoms with van der Waals surface area (Å²) in [5.74, 6) is 1.23. The van der Waals surface area contributed by atoms with Gasteiger partial charge in [0.1, 0.15) is 5.75 Å². The van der Waals surface area contributed by atoms with Crippen LogP contribution in [-0.4, -0.2) is 69.4 Å². The van der Waals surface area contributed by atoms with Crippen LogP contribution in [0.15, 0.2) is 27.6 Å². The first kappa shape index (κ1) is 22.6. The Morgan fingerprint density at radius 3 is 2.68 bits per heavy atom. The number of halogens is 1. The van der Waals surface area contributed by atoms with Gasteiger partial charge in [-0.3, -0.25) is 0 Å². The number of hydrogen-bond acceptors (Lipinski definition) is 8. The smallest absolute Gasteiger partial charge is 0.261 e. The number of ether oxygens (including phenoxy) is 2. The lowest BCUT2D eigenvalue weighted by Crippen LogP contribution is -2.40. The van der Waals surface area contributed by atoms with Gasteiger partial charge in [0.2, 0.25) is 10.0 Å². The first-order valence-corrected chi connectivity index (χ1v) is 10.2. The minimum atomic E-state index is -3.64. The third-order valence-corrected chi connectivity index (χ3v) is 6.35. The number of likely N-dealkylation sites (N-methyl/N-ethyl adjacent to an activating group) is 1. The lowest BCUT2D eigenvalue weighted by Gasteiger charge is -2.26. The molecule has 1 aromatic heterocycles. The van der Waals surface area contributed by atoms with E-state index in [9.17, 15) is 8.42 Å². The van der Waals surface area contributed by atoms with E-state index in [4.69, 9.17) is 14.0 Å². The number of nitrogens with zero attached hydrogens (tertiary/aromatic N) is 3. The number of nitrogens with one attached hydrogen (secondary N) is 1. The maximum atomic E-state index is 12.9. The Kier molecular flexibility index (Phi) is 7.79. The molecule has 1 aromatic carbocycles. The molecule has 11 heteroatoms. The molecule has 2 heterocycles. The van der Waals surface area contributed by atoms with Crippen LogP contribution in [0.25, 0.3) is 11.5 Å². The van der Waals surface area contributed by atoms with Gasteiger partial charge in [-0.2, -0.15) is 9.29 Å². The Morgan fingerprint density at radius 2 is 2.04 bits per heavy atom.